The number of carbonyl (C=O) groups excluding carboxylic acids is 2. The molecule has 18 heavy (non-hydrogen) atoms. The number of carbonyl (C=O) groups is 2. The lowest BCUT2D eigenvalue weighted by atomic mass is 10.0. The standard InChI is InChI=1S/C13H22N2O3/c1-9(2)15-8-5-10(11(15)16)14-12(17)13(18)6-3-4-7-13/h9-10,18H,3-8H2,1-2H3,(H,14,17). The van der Waals surface area contributed by atoms with Crippen molar-refractivity contribution in [3.8, 4) is 0 Å². The van der Waals surface area contributed by atoms with Gasteiger partial charge in [0, 0.05) is 12.6 Å². The quantitative estimate of drug-likeness (QED) is 0.766. The predicted octanol–water partition coefficient (Wildman–Crippen LogP) is 0.417. The number of nitrogens with one attached hydrogen (secondary N) is 1. The van der Waals surface area contributed by atoms with Crippen LogP contribution in [-0.4, -0.2) is 46.1 Å². The molecule has 1 aliphatic carbocycles. The van der Waals surface area contributed by atoms with E-state index in [1.807, 2.05) is 13.8 Å². The molecule has 2 N–H and O–H groups in total. The van der Waals surface area contributed by atoms with Crippen molar-refractivity contribution in [3.63, 3.8) is 0 Å². The van der Waals surface area contributed by atoms with Gasteiger partial charge in [0.15, 0.2) is 0 Å². The maximum absolute atomic E-state index is 12.0. The van der Waals surface area contributed by atoms with E-state index in [-0.39, 0.29) is 17.9 Å². The first-order valence-electron chi connectivity index (χ1n) is 6.78. The molecule has 1 saturated heterocycles. The van der Waals surface area contributed by atoms with E-state index in [4.69, 9.17) is 0 Å². The lowest BCUT2D eigenvalue weighted by Gasteiger charge is -2.24. The van der Waals surface area contributed by atoms with Gasteiger partial charge in [-0.15, -0.1) is 0 Å². The van der Waals surface area contributed by atoms with Gasteiger partial charge in [0.05, 0.1) is 0 Å². The summed E-state index contributed by atoms with van der Waals surface area (Å²) in [6.07, 6.45) is 3.40. The van der Waals surface area contributed by atoms with Crippen LogP contribution in [0.2, 0.25) is 0 Å². The highest BCUT2D eigenvalue weighted by Crippen LogP contribution is 2.30. The van der Waals surface area contributed by atoms with Gasteiger partial charge in [0.25, 0.3) is 5.91 Å². The summed E-state index contributed by atoms with van der Waals surface area (Å²) in [4.78, 5) is 25.8. The van der Waals surface area contributed by atoms with Crippen LogP contribution in [0.3, 0.4) is 0 Å². The topological polar surface area (TPSA) is 69.6 Å². The molecule has 1 heterocycles. The number of aliphatic hydroxyl groups is 1. The van der Waals surface area contributed by atoms with E-state index in [0.717, 1.165) is 12.8 Å². The SMILES string of the molecule is CC(C)N1CCC(NC(=O)C2(O)CCCC2)C1=O. The van der Waals surface area contributed by atoms with Gasteiger partial charge in [0.1, 0.15) is 11.6 Å². The van der Waals surface area contributed by atoms with Gasteiger partial charge in [-0.05, 0) is 46.0 Å². The Morgan fingerprint density at radius 3 is 2.56 bits per heavy atom. The van der Waals surface area contributed by atoms with E-state index in [9.17, 15) is 14.7 Å². The van der Waals surface area contributed by atoms with Crippen LogP contribution in [-0.2, 0) is 9.59 Å². The van der Waals surface area contributed by atoms with Gasteiger partial charge in [-0.3, -0.25) is 9.59 Å². The fourth-order valence-corrected chi connectivity index (χ4v) is 2.83. The monoisotopic (exact) mass is 254 g/mol. The Morgan fingerprint density at radius 2 is 2.06 bits per heavy atom. The Hall–Kier alpha value is -1.10. The third-order valence-electron chi connectivity index (χ3n) is 4.02. The van der Waals surface area contributed by atoms with Crippen molar-refractivity contribution in [3.05, 3.63) is 0 Å². The Bertz CT molecular complexity index is 348. The first-order valence-corrected chi connectivity index (χ1v) is 6.78. The smallest absolute Gasteiger partial charge is 0.252 e. The van der Waals surface area contributed by atoms with Gasteiger partial charge < -0.3 is 15.3 Å². The fourth-order valence-electron chi connectivity index (χ4n) is 2.83. The largest absolute Gasteiger partial charge is 0.380 e. The zero-order valence-corrected chi connectivity index (χ0v) is 11.1. The van der Waals surface area contributed by atoms with Crippen LogP contribution in [0.5, 0.6) is 0 Å². The minimum atomic E-state index is -1.24. The van der Waals surface area contributed by atoms with Crippen molar-refractivity contribution in [2.75, 3.05) is 6.54 Å². The summed E-state index contributed by atoms with van der Waals surface area (Å²) in [5.41, 5.74) is -1.24. The van der Waals surface area contributed by atoms with Crippen molar-refractivity contribution in [1.82, 2.24) is 10.2 Å². The number of likely N-dealkylation sites (tertiary alicyclic amines) is 1. The molecule has 0 bridgehead atoms. The van der Waals surface area contributed by atoms with Gasteiger partial charge in [-0.2, -0.15) is 0 Å². The zero-order valence-electron chi connectivity index (χ0n) is 11.1. The van der Waals surface area contributed by atoms with Crippen LogP contribution in [0.25, 0.3) is 0 Å². The molecule has 2 fully saturated rings. The molecular formula is C13H22N2O3. The number of hydrogen-bond acceptors (Lipinski definition) is 3. The van der Waals surface area contributed by atoms with Crippen LogP contribution in [0.15, 0.2) is 0 Å². The molecule has 1 unspecified atom stereocenters. The van der Waals surface area contributed by atoms with Crippen LogP contribution < -0.4 is 5.32 Å². The highest BCUT2D eigenvalue weighted by Gasteiger charge is 2.42. The van der Waals surface area contributed by atoms with E-state index in [1.54, 1.807) is 4.90 Å². The highest BCUT2D eigenvalue weighted by atomic mass is 16.3. The summed E-state index contributed by atoms with van der Waals surface area (Å²) in [7, 11) is 0. The highest BCUT2D eigenvalue weighted by molar-refractivity contribution is 5.92. The number of amides is 2. The molecule has 5 heteroatoms. The third-order valence-corrected chi connectivity index (χ3v) is 4.02. The van der Waals surface area contributed by atoms with Crippen molar-refractivity contribution in [1.29, 1.82) is 0 Å². The lowest BCUT2D eigenvalue weighted by Crippen LogP contribution is -2.51. The second-order valence-electron chi connectivity index (χ2n) is 5.68. The molecule has 1 saturated carbocycles. The van der Waals surface area contributed by atoms with Crippen molar-refractivity contribution in [2.45, 2.75) is 63.6 Å². The van der Waals surface area contributed by atoms with E-state index in [2.05, 4.69) is 5.32 Å². The molecule has 2 aliphatic rings. The Morgan fingerprint density at radius 1 is 1.44 bits per heavy atom. The number of rotatable bonds is 3. The predicted molar refractivity (Wildman–Crippen MR) is 66.8 cm³/mol. The van der Waals surface area contributed by atoms with Crippen molar-refractivity contribution < 1.29 is 14.7 Å². The Kier molecular flexibility index (Phi) is 3.61. The average molecular weight is 254 g/mol. The minimum absolute atomic E-state index is 0.0278. The summed E-state index contributed by atoms with van der Waals surface area (Å²) in [6, 6.07) is -0.293. The van der Waals surface area contributed by atoms with Crippen LogP contribution in [0, 0.1) is 0 Å². The van der Waals surface area contributed by atoms with Gasteiger partial charge in [-0.25, -0.2) is 0 Å². The van der Waals surface area contributed by atoms with E-state index < -0.39 is 11.6 Å². The van der Waals surface area contributed by atoms with Crippen LogP contribution >= 0.6 is 0 Å². The molecule has 0 aromatic heterocycles. The summed E-state index contributed by atoms with van der Waals surface area (Å²) >= 11 is 0. The lowest BCUT2D eigenvalue weighted by molar-refractivity contribution is -0.142. The molecule has 0 spiro atoms. The third kappa shape index (κ3) is 2.36. The summed E-state index contributed by atoms with van der Waals surface area (Å²) < 4.78 is 0. The van der Waals surface area contributed by atoms with Crippen molar-refractivity contribution >= 4 is 11.8 Å². The molecule has 102 valence electrons. The molecule has 0 aromatic carbocycles. The van der Waals surface area contributed by atoms with Gasteiger partial charge in [-0.1, -0.05) is 0 Å². The zero-order chi connectivity index (χ0) is 13.3. The first-order chi connectivity index (χ1) is 8.44. The molecule has 5 nitrogen and oxygen atoms in total. The number of hydrogen-bond donors (Lipinski definition) is 2. The van der Waals surface area contributed by atoms with E-state index in [0.29, 0.717) is 25.8 Å². The average Bonchev–Trinajstić information content (AvgIpc) is 2.88. The molecule has 2 rings (SSSR count). The summed E-state index contributed by atoms with van der Waals surface area (Å²) in [6.45, 7) is 4.61. The second kappa shape index (κ2) is 4.88. The molecule has 0 radical (unpaired) electrons. The molecule has 2 amide bonds. The second-order valence-corrected chi connectivity index (χ2v) is 5.68. The van der Waals surface area contributed by atoms with E-state index >= 15 is 0 Å². The molecule has 1 aliphatic heterocycles. The van der Waals surface area contributed by atoms with Gasteiger partial charge in [0.2, 0.25) is 5.91 Å². The normalized spacial score (nSPS) is 27.0. The maximum atomic E-state index is 12.0. The Balaban J connectivity index is 1.95. The van der Waals surface area contributed by atoms with Gasteiger partial charge >= 0.3 is 0 Å². The van der Waals surface area contributed by atoms with Crippen molar-refractivity contribution in [2.24, 2.45) is 0 Å². The Labute approximate surface area is 108 Å². The number of nitrogens with zero attached hydrogens (tertiary/aromatic N) is 1. The molecular weight excluding hydrogens is 232 g/mol. The summed E-state index contributed by atoms with van der Waals surface area (Å²) in [5, 5.41) is 12.9. The van der Waals surface area contributed by atoms with Crippen LogP contribution in [0.1, 0.15) is 46.0 Å². The minimum Gasteiger partial charge on any atom is -0.380 e. The fraction of sp³-hybridized carbons (Fsp3) is 0.846. The molecule has 1 atom stereocenters. The maximum Gasteiger partial charge on any atom is 0.252 e. The molecule has 0 aromatic rings. The summed E-state index contributed by atoms with van der Waals surface area (Å²) in [5.74, 6) is -0.399. The van der Waals surface area contributed by atoms with Crippen LogP contribution in [0.4, 0.5) is 0 Å². The first kappa shape index (κ1) is 13.3. The van der Waals surface area contributed by atoms with E-state index in [1.165, 1.54) is 0 Å².